The fourth-order valence-corrected chi connectivity index (χ4v) is 3.51. The Balaban J connectivity index is 2.90. The van der Waals surface area contributed by atoms with Crippen LogP contribution in [0, 0.1) is 0 Å². The Morgan fingerprint density at radius 2 is 1.65 bits per heavy atom. The maximum absolute atomic E-state index is 12.5. The van der Waals surface area contributed by atoms with E-state index in [4.69, 9.17) is 10.5 Å². The minimum absolute atomic E-state index is 0.305. The van der Waals surface area contributed by atoms with E-state index in [9.17, 15) is 8.42 Å². The van der Waals surface area contributed by atoms with Crippen LogP contribution in [-0.4, -0.2) is 39.0 Å². The van der Waals surface area contributed by atoms with Crippen molar-refractivity contribution in [1.82, 2.24) is 4.31 Å². The van der Waals surface area contributed by atoms with Crippen molar-refractivity contribution in [3.05, 3.63) is 24.3 Å². The van der Waals surface area contributed by atoms with Crippen molar-refractivity contribution in [3.63, 3.8) is 0 Å². The molecule has 1 aromatic carbocycles. The molecule has 0 aliphatic rings. The molecule has 0 atom stereocenters. The molecule has 0 fully saturated rings. The summed E-state index contributed by atoms with van der Waals surface area (Å²) in [5.74, 6) is 0.631. The number of benzene rings is 1. The van der Waals surface area contributed by atoms with Gasteiger partial charge in [-0.2, -0.15) is 4.31 Å². The lowest BCUT2D eigenvalue weighted by atomic mass is 10.3. The van der Waals surface area contributed by atoms with Gasteiger partial charge in [-0.15, -0.1) is 0 Å². The van der Waals surface area contributed by atoms with Crippen molar-refractivity contribution >= 4 is 10.0 Å². The van der Waals surface area contributed by atoms with E-state index in [2.05, 4.69) is 0 Å². The lowest BCUT2D eigenvalue weighted by Crippen LogP contribution is -2.32. The topological polar surface area (TPSA) is 72.6 Å². The van der Waals surface area contributed by atoms with E-state index < -0.39 is 10.0 Å². The summed E-state index contributed by atoms with van der Waals surface area (Å²) in [6.07, 6.45) is 1.61. The van der Waals surface area contributed by atoms with Crippen molar-refractivity contribution in [2.45, 2.75) is 31.6 Å². The van der Waals surface area contributed by atoms with Crippen LogP contribution in [0.1, 0.15) is 26.7 Å². The fourth-order valence-electron chi connectivity index (χ4n) is 1.88. The Kier molecular flexibility index (Phi) is 6.98. The van der Waals surface area contributed by atoms with E-state index in [1.54, 1.807) is 24.3 Å². The Bertz CT molecular complexity index is 480. The van der Waals surface area contributed by atoms with Crippen LogP contribution in [0.3, 0.4) is 0 Å². The minimum atomic E-state index is -3.41. The highest BCUT2D eigenvalue weighted by Crippen LogP contribution is 2.20. The van der Waals surface area contributed by atoms with Gasteiger partial charge in [-0.25, -0.2) is 8.42 Å². The van der Waals surface area contributed by atoms with Gasteiger partial charge in [0.15, 0.2) is 0 Å². The lowest BCUT2D eigenvalue weighted by Gasteiger charge is -2.21. The molecule has 0 aliphatic heterocycles. The molecule has 1 aromatic rings. The number of hydrogen-bond acceptors (Lipinski definition) is 4. The molecule has 0 unspecified atom stereocenters. The highest BCUT2D eigenvalue weighted by atomic mass is 32.2. The predicted octanol–water partition coefficient (Wildman–Crippen LogP) is 1.83. The van der Waals surface area contributed by atoms with Gasteiger partial charge in [-0.05, 0) is 37.1 Å². The van der Waals surface area contributed by atoms with Crippen molar-refractivity contribution in [2.24, 2.45) is 5.73 Å². The predicted molar refractivity (Wildman–Crippen MR) is 80.3 cm³/mol. The molecule has 1 rings (SSSR count). The fraction of sp³-hybridized carbons (Fsp3) is 0.571. The SMILES string of the molecule is CCCN(CCC)S(=O)(=O)c1ccc(OCCN)cc1. The van der Waals surface area contributed by atoms with Gasteiger partial charge in [0.25, 0.3) is 0 Å². The molecule has 0 heterocycles. The van der Waals surface area contributed by atoms with Crippen LogP contribution in [-0.2, 0) is 10.0 Å². The van der Waals surface area contributed by atoms with Crippen LogP contribution >= 0.6 is 0 Å². The monoisotopic (exact) mass is 300 g/mol. The van der Waals surface area contributed by atoms with Gasteiger partial charge in [0.2, 0.25) is 10.0 Å². The standard InChI is InChI=1S/C14H24N2O3S/c1-3-10-16(11-4-2)20(17,18)14-7-5-13(6-8-14)19-12-9-15/h5-8H,3-4,9-12,15H2,1-2H3. The molecule has 0 bridgehead atoms. The lowest BCUT2D eigenvalue weighted by molar-refractivity contribution is 0.328. The molecule has 0 radical (unpaired) electrons. The van der Waals surface area contributed by atoms with Crippen molar-refractivity contribution in [2.75, 3.05) is 26.2 Å². The number of sulfonamides is 1. The van der Waals surface area contributed by atoms with Gasteiger partial charge in [-0.3, -0.25) is 0 Å². The first kappa shape index (κ1) is 16.9. The van der Waals surface area contributed by atoms with Crippen LogP contribution in [0.4, 0.5) is 0 Å². The molecule has 20 heavy (non-hydrogen) atoms. The van der Waals surface area contributed by atoms with Crippen LogP contribution < -0.4 is 10.5 Å². The van der Waals surface area contributed by atoms with E-state index in [1.165, 1.54) is 4.31 Å². The third-order valence-corrected chi connectivity index (χ3v) is 4.71. The molecule has 0 aliphatic carbocycles. The van der Waals surface area contributed by atoms with Gasteiger partial charge in [0.1, 0.15) is 12.4 Å². The Morgan fingerprint density at radius 1 is 1.10 bits per heavy atom. The Morgan fingerprint density at radius 3 is 2.10 bits per heavy atom. The van der Waals surface area contributed by atoms with E-state index >= 15 is 0 Å². The normalized spacial score (nSPS) is 11.8. The highest BCUT2D eigenvalue weighted by Gasteiger charge is 2.22. The first-order chi connectivity index (χ1) is 9.56. The zero-order valence-corrected chi connectivity index (χ0v) is 13.0. The van der Waals surface area contributed by atoms with Gasteiger partial charge in [0.05, 0.1) is 4.90 Å². The van der Waals surface area contributed by atoms with Crippen molar-refractivity contribution in [3.8, 4) is 5.75 Å². The summed E-state index contributed by atoms with van der Waals surface area (Å²) < 4.78 is 31.9. The largest absolute Gasteiger partial charge is 0.492 e. The van der Waals surface area contributed by atoms with Crippen molar-refractivity contribution in [1.29, 1.82) is 0 Å². The van der Waals surface area contributed by atoms with E-state index in [1.807, 2.05) is 13.8 Å². The summed E-state index contributed by atoms with van der Waals surface area (Å²) in [5, 5.41) is 0. The van der Waals surface area contributed by atoms with Gasteiger partial charge in [0, 0.05) is 19.6 Å². The molecule has 0 amide bonds. The maximum Gasteiger partial charge on any atom is 0.243 e. The van der Waals surface area contributed by atoms with Crippen LogP contribution in [0.5, 0.6) is 5.75 Å². The molecule has 0 spiro atoms. The Hall–Kier alpha value is -1.11. The van der Waals surface area contributed by atoms with E-state index in [-0.39, 0.29) is 0 Å². The first-order valence-corrected chi connectivity index (χ1v) is 8.43. The molecule has 2 N–H and O–H groups in total. The minimum Gasteiger partial charge on any atom is -0.492 e. The average Bonchev–Trinajstić information content (AvgIpc) is 2.45. The number of nitrogens with zero attached hydrogens (tertiary/aromatic N) is 1. The first-order valence-electron chi connectivity index (χ1n) is 6.99. The summed E-state index contributed by atoms with van der Waals surface area (Å²) in [5.41, 5.74) is 5.35. The Labute approximate surface area is 121 Å². The second-order valence-electron chi connectivity index (χ2n) is 4.51. The summed E-state index contributed by atoms with van der Waals surface area (Å²) in [6.45, 7) is 5.89. The van der Waals surface area contributed by atoms with Crippen LogP contribution in [0.15, 0.2) is 29.2 Å². The van der Waals surface area contributed by atoms with Gasteiger partial charge >= 0.3 is 0 Å². The van der Waals surface area contributed by atoms with Gasteiger partial charge in [-0.1, -0.05) is 13.8 Å². The molecular formula is C14H24N2O3S. The third kappa shape index (κ3) is 4.47. The van der Waals surface area contributed by atoms with E-state index in [0.717, 1.165) is 12.8 Å². The van der Waals surface area contributed by atoms with E-state index in [0.29, 0.717) is 36.9 Å². The molecule has 5 nitrogen and oxygen atoms in total. The molecule has 0 saturated heterocycles. The second kappa shape index (κ2) is 8.24. The molecule has 0 saturated carbocycles. The quantitative estimate of drug-likeness (QED) is 0.755. The molecule has 114 valence electrons. The molecular weight excluding hydrogens is 276 g/mol. The number of nitrogens with two attached hydrogens (primary N) is 1. The van der Waals surface area contributed by atoms with Crippen molar-refractivity contribution < 1.29 is 13.2 Å². The van der Waals surface area contributed by atoms with Crippen LogP contribution in [0.25, 0.3) is 0 Å². The third-order valence-electron chi connectivity index (χ3n) is 2.79. The summed E-state index contributed by atoms with van der Waals surface area (Å²) in [7, 11) is -3.41. The number of ether oxygens (including phenoxy) is 1. The second-order valence-corrected chi connectivity index (χ2v) is 6.45. The maximum atomic E-state index is 12.5. The summed E-state index contributed by atoms with van der Waals surface area (Å²) in [4.78, 5) is 0.305. The zero-order valence-electron chi connectivity index (χ0n) is 12.2. The smallest absolute Gasteiger partial charge is 0.243 e. The highest BCUT2D eigenvalue weighted by molar-refractivity contribution is 7.89. The summed E-state index contributed by atoms with van der Waals surface area (Å²) in [6, 6.07) is 6.50. The molecule has 0 aromatic heterocycles. The zero-order chi connectivity index (χ0) is 15.0. The number of rotatable bonds is 9. The van der Waals surface area contributed by atoms with Gasteiger partial charge < -0.3 is 10.5 Å². The summed E-state index contributed by atoms with van der Waals surface area (Å²) >= 11 is 0. The average molecular weight is 300 g/mol. The van der Waals surface area contributed by atoms with Crippen LogP contribution in [0.2, 0.25) is 0 Å². The number of hydrogen-bond donors (Lipinski definition) is 1. The molecule has 6 heteroatoms.